The van der Waals surface area contributed by atoms with Crippen LogP contribution in [0.15, 0.2) is 18.2 Å². The summed E-state index contributed by atoms with van der Waals surface area (Å²) < 4.78 is 39.5. The van der Waals surface area contributed by atoms with Crippen molar-refractivity contribution in [2.45, 2.75) is 24.9 Å². The third-order valence-corrected chi connectivity index (χ3v) is 5.69. The Labute approximate surface area is 177 Å². The number of benzene rings is 2. The van der Waals surface area contributed by atoms with Gasteiger partial charge in [-0.15, -0.1) is 0 Å². The molecule has 7 nitrogen and oxygen atoms in total. The van der Waals surface area contributed by atoms with E-state index in [1.54, 1.807) is 49.8 Å². The van der Waals surface area contributed by atoms with Crippen LogP contribution in [0.4, 0.5) is 0 Å². The number of methoxy groups -OCH3 is 7. The summed E-state index contributed by atoms with van der Waals surface area (Å²) in [6.07, 6.45) is 1.64. The quantitative estimate of drug-likeness (QED) is 0.631. The highest BCUT2D eigenvalue weighted by molar-refractivity contribution is 5.64. The zero-order valence-electron chi connectivity index (χ0n) is 18.7. The zero-order chi connectivity index (χ0) is 21.8. The van der Waals surface area contributed by atoms with Gasteiger partial charge in [-0.05, 0) is 42.2 Å². The minimum atomic E-state index is -0.0630. The molecule has 1 aliphatic carbocycles. The number of hydrogen-bond acceptors (Lipinski definition) is 7. The highest BCUT2D eigenvalue weighted by Gasteiger charge is 2.35. The van der Waals surface area contributed by atoms with Gasteiger partial charge in [-0.3, -0.25) is 0 Å². The molecule has 0 heterocycles. The molecule has 2 aromatic rings. The summed E-state index contributed by atoms with van der Waals surface area (Å²) in [7, 11) is 11.4. The molecule has 2 atom stereocenters. The van der Waals surface area contributed by atoms with Gasteiger partial charge in [-0.1, -0.05) is 0 Å². The van der Waals surface area contributed by atoms with Crippen LogP contribution < -0.4 is 28.4 Å². The molecule has 0 saturated carbocycles. The number of hydrogen-bond donors (Lipinski definition) is 0. The lowest BCUT2D eigenvalue weighted by Gasteiger charge is -2.34. The monoisotopic (exact) mass is 418 g/mol. The molecule has 2 unspecified atom stereocenters. The van der Waals surface area contributed by atoms with Crippen LogP contribution in [0.2, 0.25) is 0 Å². The molecule has 0 aliphatic heterocycles. The van der Waals surface area contributed by atoms with E-state index in [4.69, 9.17) is 33.2 Å². The normalized spacial score (nSPS) is 17.7. The van der Waals surface area contributed by atoms with E-state index in [1.807, 2.05) is 18.2 Å². The van der Waals surface area contributed by atoms with E-state index >= 15 is 0 Å². The third-order valence-electron chi connectivity index (χ3n) is 5.69. The Bertz CT molecular complexity index is 869. The molecule has 7 heteroatoms. The van der Waals surface area contributed by atoms with Crippen molar-refractivity contribution in [1.82, 2.24) is 0 Å². The highest BCUT2D eigenvalue weighted by atomic mass is 16.5. The minimum absolute atomic E-state index is 0.0230. The Balaban J connectivity index is 2.28. The van der Waals surface area contributed by atoms with E-state index in [0.29, 0.717) is 34.5 Å². The molecular formula is C23H30O7. The fourth-order valence-corrected chi connectivity index (χ4v) is 4.32. The van der Waals surface area contributed by atoms with Crippen molar-refractivity contribution in [2.24, 2.45) is 0 Å². The smallest absolute Gasteiger partial charge is 0.203 e. The molecule has 3 rings (SSSR count). The van der Waals surface area contributed by atoms with Crippen LogP contribution in [0.3, 0.4) is 0 Å². The highest BCUT2D eigenvalue weighted by Crippen LogP contribution is 2.54. The van der Waals surface area contributed by atoms with Gasteiger partial charge in [0.25, 0.3) is 0 Å². The third kappa shape index (κ3) is 3.58. The molecule has 0 spiro atoms. The topological polar surface area (TPSA) is 64.6 Å². The van der Waals surface area contributed by atoms with Crippen LogP contribution in [-0.2, 0) is 4.74 Å². The van der Waals surface area contributed by atoms with Crippen molar-refractivity contribution in [2.75, 3.05) is 49.8 Å². The maximum absolute atomic E-state index is 5.83. The van der Waals surface area contributed by atoms with E-state index in [2.05, 4.69) is 0 Å². The van der Waals surface area contributed by atoms with E-state index in [0.717, 1.165) is 29.5 Å². The van der Waals surface area contributed by atoms with Crippen LogP contribution in [-0.4, -0.2) is 49.8 Å². The molecule has 0 saturated heterocycles. The van der Waals surface area contributed by atoms with Crippen molar-refractivity contribution in [3.63, 3.8) is 0 Å². The summed E-state index contributed by atoms with van der Waals surface area (Å²) in [5.41, 5.74) is 3.07. The number of rotatable bonds is 8. The van der Waals surface area contributed by atoms with E-state index < -0.39 is 0 Å². The summed E-state index contributed by atoms with van der Waals surface area (Å²) in [6, 6.07) is 5.95. The average Bonchev–Trinajstić information content (AvgIpc) is 2.80. The van der Waals surface area contributed by atoms with Gasteiger partial charge in [0.15, 0.2) is 23.0 Å². The Kier molecular flexibility index (Phi) is 6.82. The fourth-order valence-electron chi connectivity index (χ4n) is 4.32. The first-order valence-electron chi connectivity index (χ1n) is 9.73. The van der Waals surface area contributed by atoms with Crippen molar-refractivity contribution in [3.05, 3.63) is 34.9 Å². The molecule has 0 bridgehead atoms. The van der Waals surface area contributed by atoms with Crippen molar-refractivity contribution >= 4 is 0 Å². The molecule has 0 radical (unpaired) electrons. The molecule has 0 aromatic heterocycles. The Morgan fingerprint density at radius 3 is 1.60 bits per heavy atom. The summed E-state index contributed by atoms with van der Waals surface area (Å²) in [5, 5.41) is 0. The maximum Gasteiger partial charge on any atom is 0.203 e. The van der Waals surface area contributed by atoms with Gasteiger partial charge >= 0.3 is 0 Å². The van der Waals surface area contributed by atoms with Crippen molar-refractivity contribution in [3.8, 4) is 34.5 Å². The van der Waals surface area contributed by atoms with Gasteiger partial charge in [0.2, 0.25) is 11.5 Å². The standard InChI is InChI=1S/C23H30O7/c1-24-16-9-8-14(13-10-17(25-2)21(28-5)18(11-13)26-3)20-15(16)12-19(27-4)22(29-6)23(20)30-7/h10-12,14,16H,8-9H2,1-7H3. The van der Waals surface area contributed by atoms with Crippen LogP contribution in [0.1, 0.15) is 41.6 Å². The summed E-state index contributed by atoms with van der Waals surface area (Å²) >= 11 is 0. The van der Waals surface area contributed by atoms with Gasteiger partial charge in [-0.25, -0.2) is 0 Å². The van der Waals surface area contributed by atoms with Crippen molar-refractivity contribution < 1.29 is 33.2 Å². The molecule has 0 N–H and O–H groups in total. The number of ether oxygens (including phenoxy) is 7. The lowest BCUT2D eigenvalue weighted by molar-refractivity contribution is 0.0849. The summed E-state index contributed by atoms with van der Waals surface area (Å²) in [6.45, 7) is 0. The molecule has 2 aromatic carbocycles. The van der Waals surface area contributed by atoms with Gasteiger partial charge in [0.1, 0.15) is 0 Å². The summed E-state index contributed by atoms with van der Waals surface area (Å²) in [5.74, 6) is 3.63. The van der Waals surface area contributed by atoms with E-state index in [1.165, 1.54) is 0 Å². The minimum Gasteiger partial charge on any atom is -0.493 e. The zero-order valence-corrected chi connectivity index (χ0v) is 18.7. The van der Waals surface area contributed by atoms with E-state index in [-0.39, 0.29) is 12.0 Å². The van der Waals surface area contributed by atoms with Crippen LogP contribution in [0, 0.1) is 0 Å². The van der Waals surface area contributed by atoms with Crippen molar-refractivity contribution in [1.29, 1.82) is 0 Å². The SMILES string of the molecule is COc1cc(C2CCC(OC)c3cc(OC)c(OC)c(OC)c32)cc(OC)c1OC. The predicted octanol–water partition coefficient (Wildman–Crippen LogP) is 4.35. The fraction of sp³-hybridized carbons (Fsp3) is 0.478. The second kappa shape index (κ2) is 9.34. The van der Waals surface area contributed by atoms with Gasteiger partial charge in [0, 0.05) is 18.6 Å². The van der Waals surface area contributed by atoms with Crippen LogP contribution in [0.25, 0.3) is 0 Å². The molecular weight excluding hydrogens is 388 g/mol. The predicted molar refractivity (Wildman–Crippen MR) is 113 cm³/mol. The largest absolute Gasteiger partial charge is 0.493 e. The van der Waals surface area contributed by atoms with Gasteiger partial charge < -0.3 is 33.2 Å². The molecule has 164 valence electrons. The average molecular weight is 418 g/mol. The second-order valence-electron chi connectivity index (χ2n) is 6.96. The van der Waals surface area contributed by atoms with Gasteiger partial charge in [-0.2, -0.15) is 0 Å². The van der Waals surface area contributed by atoms with Crippen LogP contribution in [0.5, 0.6) is 34.5 Å². The maximum atomic E-state index is 5.83. The molecule has 30 heavy (non-hydrogen) atoms. The van der Waals surface area contributed by atoms with Crippen LogP contribution >= 0.6 is 0 Å². The number of fused-ring (bicyclic) bond motifs is 1. The Morgan fingerprint density at radius 2 is 1.13 bits per heavy atom. The lowest BCUT2D eigenvalue weighted by Crippen LogP contribution is -2.19. The summed E-state index contributed by atoms with van der Waals surface area (Å²) in [4.78, 5) is 0. The Hall–Kier alpha value is -2.80. The first-order chi connectivity index (χ1) is 14.6. The van der Waals surface area contributed by atoms with Gasteiger partial charge in [0.05, 0.1) is 48.8 Å². The first kappa shape index (κ1) is 21.9. The molecule has 1 aliphatic rings. The lowest BCUT2D eigenvalue weighted by atomic mass is 9.76. The molecule has 0 amide bonds. The molecule has 0 fully saturated rings. The van der Waals surface area contributed by atoms with E-state index in [9.17, 15) is 0 Å². The second-order valence-corrected chi connectivity index (χ2v) is 6.96. The first-order valence-corrected chi connectivity index (χ1v) is 9.73. The Morgan fingerprint density at radius 1 is 0.600 bits per heavy atom.